The molecule has 0 aromatic heterocycles. The van der Waals surface area contributed by atoms with Gasteiger partial charge in [0.25, 0.3) is 0 Å². The first-order valence-electron chi connectivity index (χ1n) is 5.99. The molecule has 26 heavy (non-hydrogen) atoms. The summed E-state index contributed by atoms with van der Waals surface area (Å²) in [4.78, 5) is 10.5. The van der Waals surface area contributed by atoms with Crippen LogP contribution in [-0.2, 0) is 0 Å². The van der Waals surface area contributed by atoms with Gasteiger partial charge in [0.1, 0.15) is 5.75 Å². The smallest absolute Gasteiger partial charge is 0.471 e. The topological polar surface area (TPSA) is 46.5 Å². The standard InChI is InChI=1S/C12H5F11O3/c13-8(14,9(15,16)11(19,20)21)10(17,18)12(22,23)26-6-3-1-5(2-4-6)7(24)25/h1-4H,(H,24,25). The van der Waals surface area contributed by atoms with Crippen molar-refractivity contribution in [2.45, 2.75) is 30.1 Å². The Morgan fingerprint density at radius 1 is 0.731 bits per heavy atom. The van der Waals surface area contributed by atoms with Crippen LogP contribution in [0.25, 0.3) is 0 Å². The van der Waals surface area contributed by atoms with Gasteiger partial charge in [-0.15, -0.1) is 0 Å². The summed E-state index contributed by atoms with van der Waals surface area (Å²) < 4.78 is 143. The highest BCUT2D eigenvalue weighted by Gasteiger charge is 2.88. The molecule has 14 heteroatoms. The van der Waals surface area contributed by atoms with Crippen molar-refractivity contribution in [3.63, 3.8) is 0 Å². The van der Waals surface area contributed by atoms with Crippen molar-refractivity contribution in [3.8, 4) is 5.75 Å². The third-order valence-electron chi connectivity index (χ3n) is 2.86. The van der Waals surface area contributed by atoms with Gasteiger partial charge in [0.15, 0.2) is 0 Å². The van der Waals surface area contributed by atoms with E-state index in [1.165, 1.54) is 0 Å². The van der Waals surface area contributed by atoms with Crippen LogP contribution in [0.3, 0.4) is 0 Å². The van der Waals surface area contributed by atoms with Crippen molar-refractivity contribution in [1.82, 2.24) is 0 Å². The maximum atomic E-state index is 13.3. The number of hydrogen-bond donors (Lipinski definition) is 1. The average Bonchev–Trinajstić information content (AvgIpc) is 2.45. The summed E-state index contributed by atoms with van der Waals surface area (Å²) in [5.41, 5.74) is -0.582. The lowest BCUT2D eigenvalue weighted by Crippen LogP contribution is -2.67. The van der Waals surface area contributed by atoms with E-state index in [1.54, 1.807) is 0 Å². The van der Waals surface area contributed by atoms with Crippen molar-refractivity contribution in [2.75, 3.05) is 0 Å². The van der Waals surface area contributed by atoms with Gasteiger partial charge in [-0.2, -0.15) is 48.3 Å². The molecule has 0 atom stereocenters. The molecule has 1 aromatic carbocycles. The number of halogens is 11. The van der Waals surface area contributed by atoms with E-state index in [2.05, 4.69) is 4.74 Å². The first-order valence-corrected chi connectivity index (χ1v) is 5.99. The molecule has 0 aliphatic carbocycles. The maximum absolute atomic E-state index is 13.3. The van der Waals surface area contributed by atoms with Gasteiger partial charge in [0.2, 0.25) is 0 Å². The molecule has 148 valence electrons. The number of rotatable bonds is 6. The van der Waals surface area contributed by atoms with E-state index >= 15 is 0 Å². The normalized spacial score (nSPS) is 14.3. The second-order valence-electron chi connectivity index (χ2n) is 4.67. The van der Waals surface area contributed by atoms with E-state index in [0.717, 1.165) is 0 Å². The molecule has 0 heterocycles. The SMILES string of the molecule is O=C(O)c1ccc(OC(F)(F)C(F)(F)C(F)(F)C(F)(F)C(F)(F)F)cc1. The molecular formula is C12H5F11O3. The molecule has 0 amide bonds. The number of ether oxygens (including phenoxy) is 1. The summed E-state index contributed by atoms with van der Waals surface area (Å²) in [5, 5.41) is 8.51. The van der Waals surface area contributed by atoms with Gasteiger partial charge >= 0.3 is 36.0 Å². The summed E-state index contributed by atoms with van der Waals surface area (Å²) in [6.45, 7) is 0. The molecule has 0 aliphatic rings. The Balaban J connectivity index is 3.25. The van der Waals surface area contributed by atoms with Crippen LogP contribution in [0.2, 0.25) is 0 Å². The number of carboxylic acid groups (broad SMARTS) is 1. The Bertz CT molecular complexity index is 664. The van der Waals surface area contributed by atoms with E-state index < -0.39 is 47.3 Å². The number of alkyl halides is 11. The summed E-state index contributed by atoms with van der Waals surface area (Å²) in [6.07, 6.45) is -13.8. The lowest BCUT2D eigenvalue weighted by Gasteiger charge is -2.36. The number of carbonyl (C=O) groups is 1. The van der Waals surface area contributed by atoms with Gasteiger partial charge in [-0.3, -0.25) is 0 Å². The van der Waals surface area contributed by atoms with E-state index in [4.69, 9.17) is 5.11 Å². The largest absolute Gasteiger partial charge is 0.478 e. The second-order valence-corrected chi connectivity index (χ2v) is 4.67. The predicted octanol–water partition coefficient (Wildman–Crippen LogP) is 4.82. The van der Waals surface area contributed by atoms with Crippen LogP contribution in [0.1, 0.15) is 10.4 Å². The van der Waals surface area contributed by atoms with Crippen LogP contribution >= 0.6 is 0 Å². The lowest BCUT2D eigenvalue weighted by atomic mass is 10.0. The molecule has 0 radical (unpaired) electrons. The third-order valence-corrected chi connectivity index (χ3v) is 2.86. The molecule has 1 aromatic rings. The molecule has 0 bridgehead atoms. The van der Waals surface area contributed by atoms with Crippen LogP contribution in [-0.4, -0.2) is 41.1 Å². The minimum absolute atomic E-state index is 0.271. The van der Waals surface area contributed by atoms with E-state index in [1.807, 2.05) is 0 Å². The van der Waals surface area contributed by atoms with Crippen molar-refractivity contribution in [2.24, 2.45) is 0 Å². The van der Waals surface area contributed by atoms with Crippen LogP contribution in [0.15, 0.2) is 24.3 Å². The van der Waals surface area contributed by atoms with Crippen molar-refractivity contribution < 1.29 is 62.9 Å². The molecule has 0 spiro atoms. The van der Waals surface area contributed by atoms with Crippen molar-refractivity contribution in [1.29, 1.82) is 0 Å². The zero-order chi connectivity index (χ0) is 20.8. The minimum atomic E-state index is -7.58. The van der Waals surface area contributed by atoms with Crippen LogP contribution in [0.4, 0.5) is 48.3 Å². The Morgan fingerprint density at radius 2 is 1.15 bits per heavy atom. The molecule has 0 unspecified atom stereocenters. The molecule has 0 aliphatic heterocycles. The van der Waals surface area contributed by atoms with Gasteiger partial charge in [-0.05, 0) is 24.3 Å². The molecular weight excluding hydrogens is 401 g/mol. The van der Waals surface area contributed by atoms with E-state index in [0.29, 0.717) is 12.1 Å². The highest BCUT2D eigenvalue weighted by atomic mass is 19.4. The van der Waals surface area contributed by atoms with Crippen molar-refractivity contribution >= 4 is 5.97 Å². The molecule has 3 nitrogen and oxygen atoms in total. The lowest BCUT2D eigenvalue weighted by molar-refractivity contribution is -0.445. The number of carboxylic acids is 1. The fourth-order valence-electron chi connectivity index (χ4n) is 1.44. The van der Waals surface area contributed by atoms with Gasteiger partial charge in [-0.25, -0.2) is 4.79 Å². The highest BCUT2D eigenvalue weighted by Crippen LogP contribution is 2.57. The summed E-state index contributed by atoms with van der Waals surface area (Å²) in [5.74, 6) is -25.4. The zero-order valence-electron chi connectivity index (χ0n) is 11.7. The van der Waals surface area contributed by atoms with E-state index in [-0.39, 0.29) is 12.1 Å². The molecule has 1 rings (SSSR count). The Kier molecular flexibility index (Phi) is 5.15. The second kappa shape index (κ2) is 6.16. The predicted molar refractivity (Wildman–Crippen MR) is 59.9 cm³/mol. The molecule has 0 saturated carbocycles. The fraction of sp³-hybridized carbons (Fsp3) is 0.417. The summed E-state index contributed by atoms with van der Waals surface area (Å²) >= 11 is 0. The van der Waals surface area contributed by atoms with E-state index in [9.17, 15) is 53.1 Å². The minimum Gasteiger partial charge on any atom is -0.478 e. The number of aromatic carboxylic acids is 1. The number of hydrogen-bond acceptors (Lipinski definition) is 2. The number of benzene rings is 1. The van der Waals surface area contributed by atoms with Crippen LogP contribution in [0.5, 0.6) is 5.75 Å². The fourth-order valence-corrected chi connectivity index (χ4v) is 1.44. The summed E-state index contributed by atoms with van der Waals surface area (Å²) in [6, 6.07) is 1.53. The molecule has 0 saturated heterocycles. The average molecular weight is 406 g/mol. The monoisotopic (exact) mass is 406 g/mol. The Hall–Kier alpha value is -2.28. The first kappa shape index (κ1) is 21.8. The Morgan fingerprint density at radius 3 is 1.50 bits per heavy atom. The zero-order valence-corrected chi connectivity index (χ0v) is 11.7. The first-order chi connectivity index (χ1) is 11.4. The third kappa shape index (κ3) is 3.35. The van der Waals surface area contributed by atoms with Crippen LogP contribution in [0, 0.1) is 0 Å². The quantitative estimate of drug-likeness (QED) is 0.689. The van der Waals surface area contributed by atoms with Crippen molar-refractivity contribution in [3.05, 3.63) is 29.8 Å². The molecule has 0 fully saturated rings. The van der Waals surface area contributed by atoms with Gasteiger partial charge < -0.3 is 9.84 Å². The van der Waals surface area contributed by atoms with Gasteiger partial charge in [-0.1, -0.05) is 0 Å². The Labute approximate surface area is 136 Å². The van der Waals surface area contributed by atoms with Crippen LogP contribution < -0.4 is 4.74 Å². The van der Waals surface area contributed by atoms with Gasteiger partial charge in [0.05, 0.1) is 5.56 Å². The summed E-state index contributed by atoms with van der Waals surface area (Å²) in [7, 11) is 0. The van der Waals surface area contributed by atoms with Gasteiger partial charge in [0, 0.05) is 0 Å². The highest BCUT2D eigenvalue weighted by molar-refractivity contribution is 5.87. The molecule has 1 N–H and O–H groups in total. The maximum Gasteiger partial charge on any atom is 0.471 e.